The van der Waals surface area contributed by atoms with Gasteiger partial charge in [0.2, 0.25) is 0 Å². The number of hydrogen-bond donors (Lipinski definition) is 0. The van der Waals surface area contributed by atoms with Crippen molar-refractivity contribution in [2.45, 2.75) is 24.7 Å². The summed E-state index contributed by atoms with van der Waals surface area (Å²) in [6.07, 6.45) is 0. The molecule has 0 bridgehead atoms. The quantitative estimate of drug-likeness (QED) is 0.512. The minimum absolute atomic E-state index is 0.484. The van der Waals surface area contributed by atoms with Gasteiger partial charge in [-0.2, -0.15) is 0 Å². The molecule has 0 N–H and O–H groups in total. The fourth-order valence-corrected chi connectivity index (χ4v) is 32.7. The maximum atomic E-state index is 6.56. The van der Waals surface area contributed by atoms with Gasteiger partial charge in [0.1, 0.15) is 0 Å². The molecule has 0 fully saturated rings. The van der Waals surface area contributed by atoms with E-state index in [0.717, 1.165) is 0 Å². The van der Waals surface area contributed by atoms with Crippen LogP contribution < -0.4 is 10.6 Å². The molecule has 0 aliphatic rings. The highest BCUT2D eigenvalue weighted by molar-refractivity contribution is 8.30. The van der Waals surface area contributed by atoms with Gasteiger partial charge in [0.15, 0.2) is 0 Å². The Kier molecular flexibility index (Phi) is 5.92. The summed E-state index contributed by atoms with van der Waals surface area (Å²) in [5.74, 6) is 0. The lowest BCUT2D eigenvalue weighted by molar-refractivity contribution is 1.56. The van der Waals surface area contributed by atoms with Crippen molar-refractivity contribution in [2.24, 2.45) is 0 Å². The van der Waals surface area contributed by atoms with Gasteiger partial charge >= 0.3 is 0 Å². The van der Waals surface area contributed by atoms with Crippen molar-refractivity contribution in [3.63, 3.8) is 0 Å². The van der Waals surface area contributed by atoms with Crippen molar-refractivity contribution in [3.8, 4) is 0 Å². The van der Waals surface area contributed by atoms with Crippen molar-refractivity contribution in [1.82, 2.24) is 0 Å². The molecule has 0 amide bonds. The Morgan fingerprint density at radius 1 is 0.739 bits per heavy atom. The van der Waals surface area contributed by atoms with Gasteiger partial charge in [-0.15, -0.1) is 0 Å². The summed E-state index contributed by atoms with van der Waals surface area (Å²) in [4.78, 5) is 0. The molecule has 0 nitrogen and oxygen atoms in total. The van der Waals surface area contributed by atoms with E-state index in [9.17, 15) is 0 Å². The first-order valence-corrected chi connectivity index (χ1v) is 18.0. The van der Waals surface area contributed by atoms with Gasteiger partial charge < -0.3 is 0 Å². The van der Waals surface area contributed by atoms with Crippen LogP contribution in [-0.4, -0.2) is 26.4 Å². The van der Waals surface area contributed by atoms with Crippen molar-refractivity contribution < 1.29 is 0 Å². The van der Waals surface area contributed by atoms with Crippen LogP contribution in [0.5, 0.6) is 0 Å². The predicted molar refractivity (Wildman–Crippen MR) is 120 cm³/mol. The molecular formula is C18H26P2S2Si. The molecule has 2 rings (SSSR count). The van der Waals surface area contributed by atoms with Crippen LogP contribution in [-0.2, 0) is 23.6 Å². The predicted octanol–water partition coefficient (Wildman–Crippen LogP) is 5.06. The summed E-state index contributed by atoms with van der Waals surface area (Å²) < 4.78 is 0. The highest BCUT2D eigenvalue weighted by atomic mass is 32.5. The van der Waals surface area contributed by atoms with Gasteiger partial charge in [0, 0.05) is 11.1 Å². The fraction of sp³-hybridized carbons (Fsp3) is 0.333. The van der Waals surface area contributed by atoms with Crippen molar-refractivity contribution >= 4 is 54.4 Å². The minimum Gasteiger partial charge on any atom is -0.0977 e. The molecule has 0 aliphatic carbocycles. The second kappa shape index (κ2) is 7.06. The van der Waals surface area contributed by atoms with E-state index < -0.39 is 20.1 Å². The average Bonchev–Trinajstić information content (AvgIpc) is 2.46. The van der Waals surface area contributed by atoms with E-state index in [1.165, 1.54) is 10.6 Å². The Hall–Kier alpha value is -0.0431. The standard InChI is InChI=1S/C18H26P2S2Si/c1-19(2,21)18(23(3,4)5)20(22,16-12-8-6-9-13-16)17-14-10-7-11-15-17/h6-15,18H,1-5H3. The first-order valence-electron chi connectivity index (χ1n) is 7.83. The molecule has 0 aromatic heterocycles. The molecule has 5 heteroatoms. The molecule has 0 heterocycles. The highest BCUT2D eigenvalue weighted by Crippen LogP contribution is 2.66. The smallest absolute Gasteiger partial charge is 0.0597 e. The monoisotopic (exact) mass is 396 g/mol. The van der Waals surface area contributed by atoms with Crippen LogP contribution in [0.3, 0.4) is 0 Å². The SMILES string of the molecule is C[Si](C)(C)C(P(C)(C)=S)P(=S)(c1ccccc1)c1ccccc1. The van der Waals surface area contributed by atoms with Crippen LogP contribution in [0.15, 0.2) is 60.7 Å². The zero-order valence-electron chi connectivity index (χ0n) is 14.6. The summed E-state index contributed by atoms with van der Waals surface area (Å²) in [6.45, 7) is 11.9. The highest BCUT2D eigenvalue weighted by Gasteiger charge is 2.45. The van der Waals surface area contributed by atoms with E-state index in [2.05, 4.69) is 93.6 Å². The van der Waals surface area contributed by atoms with Crippen molar-refractivity contribution in [2.75, 3.05) is 13.3 Å². The summed E-state index contributed by atoms with van der Waals surface area (Å²) in [5.41, 5.74) is 0. The molecule has 124 valence electrons. The van der Waals surface area contributed by atoms with Gasteiger partial charge in [-0.3, -0.25) is 0 Å². The first-order chi connectivity index (χ1) is 10.6. The summed E-state index contributed by atoms with van der Waals surface area (Å²) >= 11 is 12.7. The Balaban J connectivity index is 2.83. The number of benzene rings is 2. The molecule has 0 aliphatic heterocycles. The molecule has 0 spiro atoms. The normalized spacial score (nSPS) is 14.5. The summed E-state index contributed by atoms with van der Waals surface area (Å²) in [6, 6.07) is 18.1. The Morgan fingerprint density at radius 3 is 1.35 bits per heavy atom. The second-order valence-electron chi connectivity index (χ2n) is 7.50. The summed E-state index contributed by atoms with van der Waals surface area (Å²) in [5, 5.41) is 3.13. The van der Waals surface area contributed by atoms with Gasteiger partial charge in [-0.05, 0) is 30.0 Å². The molecule has 23 heavy (non-hydrogen) atoms. The molecule has 0 radical (unpaired) electrons. The molecule has 1 atom stereocenters. The van der Waals surface area contributed by atoms with Crippen LogP contribution in [0.25, 0.3) is 0 Å². The van der Waals surface area contributed by atoms with E-state index >= 15 is 0 Å². The topological polar surface area (TPSA) is 0 Å². The Labute approximate surface area is 152 Å². The lowest BCUT2D eigenvalue weighted by atomic mass is 10.4. The fourth-order valence-electron chi connectivity index (χ4n) is 3.60. The van der Waals surface area contributed by atoms with Gasteiger partial charge in [0.25, 0.3) is 0 Å². The third-order valence-electron chi connectivity index (χ3n) is 3.99. The number of hydrogen-bond acceptors (Lipinski definition) is 2. The minimum atomic E-state index is -1.94. The largest absolute Gasteiger partial charge is 0.0977 e. The average molecular weight is 397 g/mol. The van der Waals surface area contributed by atoms with E-state index in [4.69, 9.17) is 23.6 Å². The van der Waals surface area contributed by atoms with Crippen LogP contribution in [0.1, 0.15) is 0 Å². The summed E-state index contributed by atoms with van der Waals surface area (Å²) in [7, 11) is -1.53. The van der Waals surface area contributed by atoms with Crippen LogP contribution >= 0.6 is 12.1 Å². The van der Waals surface area contributed by atoms with Gasteiger partial charge in [0.05, 0.1) is 8.07 Å². The Morgan fingerprint density at radius 2 is 1.09 bits per heavy atom. The van der Waals surface area contributed by atoms with E-state index in [-0.39, 0.29) is 0 Å². The van der Waals surface area contributed by atoms with Crippen LogP contribution in [0.2, 0.25) is 19.6 Å². The van der Waals surface area contributed by atoms with Crippen molar-refractivity contribution in [1.29, 1.82) is 0 Å². The maximum Gasteiger partial charge on any atom is 0.0597 e. The molecule has 0 saturated carbocycles. The molecule has 2 aromatic rings. The molecular weight excluding hydrogens is 370 g/mol. The molecule has 2 aromatic carbocycles. The van der Waals surface area contributed by atoms with Crippen LogP contribution in [0, 0.1) is 0 Å². The third-order valence-corrected chi connectivity index (χ3v) is 24.6. The van der Waals surface area contributed by atoms with Crippen molar-refractivity contribution in [3.05, 3.63) is 60.7 Å². The Bertz CT molecular complexity index is 702. The van der Waals surface area contributed by atoms with Gasteiger partial charge in [-0.25, -0.2) is 0 Å². The molecule has 1 unspecified atom stereocenters. The maximum absolute atomic E-state index is 6.56. The van der Waals surface area contributed by atoms with Gasteiger partial charge in [-0.1, -0.05) is 104 Å². The zero-order valence-corrected chi connectivity index (χ0v) is 19.0. The third kappa shape index (κ3) is 4.14. The second-order valence-corrected chi connectivity index (χ2v) is 25.0. The first kappa shape index (κ1) is 19.3. The molecule has 0 saturated heterocycles. The van der Waals surface area contributed by atoms with Crippen LogP contribution in [0.4, 0.5) is 0 Å². The van der Waals surface area contributed by atoms with E-state index in [0.29, 0.717) is 5.02 Å². The lowest BCUT2D eigenvalue weighted by Gasteiger charge is -2.44. The lowest BCUT2D eigenvalue weighted by Crippen LogP contribution is -2.42. The van der Waals surface area contributed by atoms with E-state index in [1.807, 2.05) is 0 Å². The zero-order chi connectivity index (χ0) is 17.3. The number of rotatable bonds is 5. The van der Waals surface area contributed by atoms with E-state index in [1.54, 1.807) is 0 Å².